The number of halogens is 1. The van der Waals surface area contributed by atoms with Gasteiger partial charge in [-0.3, -0.25) is 9.48 Å². The summed E-state index contributed by atoms with van der Waals surface area (Å²) < 4.78 is 4.62. The topological polar surface area (TPSA) is 39.8 Å². The van der Waals surface area contributed by atoms with Gasteiger partial charge in [-0.25, -0.2) is 0 Å². The second-order valence-corrected chi connectivity index (χ2v) is 5.08. The summed E-state index contributed by atoms with van der Waals surface area (Å²) in [6.07, 6.45) is 1.81. The Morgan fingerprint density at radius 3 is 2.78 bits per heavy atom. The first kappa shape index (κ1) is 13.1. The lowest BCUT2D eigenvalue weighted by molar-refractivity contribution is 0.590. The van der Waals surface area contributed by atoms with Gasteiger partial charge < -0.3 is 4.57 Å². The van der Waals surface area contributed by atoms with Crippen LogP contribution in [0.4, 0.5) is 0 Å². The van der Waals surface area contributed by atoms with Crippen LogP contribution >= 0.6 is 15.9 Å². The van der Waals surface area contributed by atoms with Gasteiger partial charge >= 0.3 is 0 Å². The van der Waals surface area contributed by atoms with Crippen LogP contribution in [0.3, 0.4) is 0 Å². The highest BCUT2D eigenvalue weighted by Gasteiger charge is 2.13. The van der Waals surface area contributed by atoms with Gasteiger partial charge in [0.25, 0.3) is 5.56 Å². The fourth-order valence-electron chi connectivity index (χ4n) is 1.96. The molecular weight excluding hydrogens is 294 g/mol. The minimum absolute atomic E-state index is 0.0471. The predicted octanol–water partition coefficient (Wildman–Crippen LogP) is 2.49. The van der Waals surface area contributed by atoms with Gasteiger partial charge in [0.15, 0.2) is 0 Å². The van der Waals surface area contributed by atoms with Gasteiger partial charge in [0.1, 0.15) is 0 Å². The van der Waals surface area contributed by atoms with Gasteiger partial charge in [-0.05, 0) is 42.8 Å². The molecule has 0 unspecified atom stereocenters. The van der Waals surface area contributed by atoms with Crippen LogP contribution in [0, 0.1) is 13.8 Å². The highest BCUT2D eigenvalue weighted by molar-refractivity contribution is 9.10. The lowest BCUT2D eigenvalue weighted by atomic mass is 10.3. The Labute approximate surface area is 114 Å². The maximum atomic E-state index is 12.0. The number of aromatic nitrogens is 3. The number of pyridine rings is 1. The number of hydrogen-bond donors (Lipinski definition) is 0. The SMILES string of the molecule is CCn1nc(C)c(Br)c1Cn1cccc(C)c1=O. The third-order valence-corrected chi connectivity index (χ3v) is 4.01. The van der Waals surface area contributed by atoms with Crippen LogP contribution in [0.15, 0.2) is 27.6 Å². The zero-order valence-electron chi connectivity index (χ0n) is 10.8. The van der Waals surface area contributed by atoms with Gasteiger partial charge in [0.05, 0.1) is 22.4 Å². The number of hydrogen-bond acceptors (Lipinski definition) is 2. The highest BCUT2D eigenvalue weighted by Crippen LogP contribution is 2.21. The van der Waals surface area contributed by atoms with Crippen molar-refractivity contribution < 1.29 is 0 Å². The van der Waals surface area contributed by atoms with Gasteiger partial charge in [-0.2, -0.15) is 5.10 Å². The van der Waals surface area contributed by atoms with Crippen LogP contribution in [-0.4, -0.2) is 14.3 Å². The molecule has 2 rings (SSSR count). The maximum absolute atomic E-state index is 12.0. The zero-order chi connectivity index (χ0) is 13.3. The molecule has 0 bridgehead atoms. The van der Waals surface area contributed by atoms with Crippen molar-refractivity contribution in [3.63, 3.8) is 0 Å². The Kier molecular flexibility index (Phi) is 3.71. The van der Waals surface area contributed by atoms with E-state index < -0.39 is 0 Å². The molecule has 0 aliphatic carbocycles. The largest absolute Gasteiger partial charge is 0.309 e. The molecule has 2 aromatic rings. The summed E-state index contributed by atoms with van der Waals surface area (Å²) in [6, 6.07) is 3.72. The van der Waals surface area contributed by atoms with Crippen molar-refractivity contribution in [1.29, 1.82) is 0 Å². The summed E-state index contributed by atoms with van der Waals surface area (Å²) in [5.74, 6) is 0. The average Bonchev–Trinajstić information content (AvgIpc) is 2.62. The van der Waals surface area contributed by atoms with Crippen molar-refractivity contribution in [2.24, 2.45) is 0 Å². The molecule has 0 aromatic carbocycles. The van der Waals surface area contributed by atoms with Gasteiger partial charge in [-0.1, -0.05) is 6.07 Å². The second kappa shape index (κ2) is 5.10. The monoisotopic (exact) mass is 309 g/mol. The van der Waals surface area contributed by atoms with E-state index in [0.717, 1.165) is 28.0 Å². The summed E-state index contributed by atoms with van der Waals surface area (Å²) in [7, 11) is 0. The van der Waals surface area contributed by atoms with Crippen LogP contribution in [0.1, 0.15) is 23.9 Å². The van der Waals surface area contributed by atoms with Crippen molar-refractivity contribution in [3.8, 4) is 0 Å². The number of rotatable bonds is 3. The predicted molar refractivity (Wildman–Crippen MR) is 74.9 cm³/mol. The van der Waals surface area contributed by atoms with E-state index in [-0.39, 0.29) is 5.56 Å². The molecule has 18 heavy (non-hydrogen) atoms. The minimum atomic E-state index is 0.0471. The highest BCUT2D eigenvalue weighted by atomic mass is 79.9. The van der Waals surface area contributed by atoms with Crippen LogP contribution in [0.25, 0.3) is 0 Å². The summed E-state index contributed by atoms with van der Waals surface area (Å²) in [5, 5.41) is 4.43. The molecule has 0 spiro atoms. The fraction of sp³-hybridized carbons (Fsp3) is 0.385. The Hall–Kier alpha value is -1.36. The summed E-state index contributed by atoms with van der Waals surface area (Å²) in [6.45, 7) is 7.16. The molecule has 0 amide bonds. The lowest BCUT2D eigenvalue weighted by Crippen LogP contribution is -2.23. The first-order valence-corrected chi connectivity index (χ1v) is 6.71. The van der Waals surface area contributed by atoms with E-state index in [1.54, 1.807) is 4.57 Å². The normalized spacial score (nSPS) is 10.9. The average molecular weight is 310 g/mol. The maximum Gasteiger partial charge on any atom is 0.253 e. The van der Waals surface area contributed by atoms with Gasteiger partial charge in [-0.15, -0.1) is 0 Å². The molecule has 0 aliphatic heterocycles. The van der Waals surface area contributed by atoms with Gasteiger partial charge in [0, 0.05) is 18.3 Å². The quantitative estimate of drug-likeness (QED) is 0.874. The van der Waals surface area contributed by atoms with E-state index >= 15 is 0 Å². The van der Waals surface area contributed by atoms with E-state index in [2.05, 4.69) is 21.0 Å². The van der Waals surface area contributed by atoms with E-state index in [4.69, 9.17) is 0 Å². The summed E-state index contributed by atoms with van der Waals surface area (Å²) >= 11 is 3.54. The van der Waals surface area contributed by atoms with Crippen LogP contribution in [-0.2, 0) is 13.1 Å². The van der Waals surface area contributed by atoms with E-state index in [9.17, 15) is 4.79 Å². The van der Waals surface area contributed by atoms with Crippen molar-refractivity contribution >= 4 is 15.9 Å². The molecule has 0 aliphatic rings. The zero-order valence-corrected chi connectivity index (χ0v) is 12.4. The molecule has 0 atom stereocenters. The molecular formula is C13H16BrN3O. The Bertz CT molecular complexity index is 628. The summed E-state index contributed by atoms with van der Waals surface area (Å²) in [4.78, 5) is 12.0. The van der Waals surface area contributed by atoms with Gasteiger partial charge in [0.2, 0.25) is 0 Å². The third kappa shape index (κ3) is 2.27. The number of aryl methyl sites for hydroxylation is 3. The molecule has 0 saturated heterocycles. The van der Waals surface area contributed by atoms with Crippen molar-refractivity contribution in [2.75, 3.05) is 0 Å². The number of nitrogens with zero attached hydrogens (tertiary/aromatic N) is 3. The third-order valence-electron chi connectivity index (χ3n) is 2.98. The first-order chi connectivity index (χ1) is 8.54. The van der Waals surface area contributed by atoms with Crippen LogP contribution in [0.2, 0.25) is 0 Å². The first-order valence-electron chi connectivity index (χ1n) is 5.92. The molecule has 4 nitrogen and oxygen atoms in total. The van der Waals surface area contributed by atoms with E-state index in [0.29, 0.717) is 6.54 Å². The van der Waals surface area contributed by atoms with Crippen molar-refractivity contribution in [3.05, 3.63) is 50.1 Å². The minimum Gasteiger partial charge on any atom is -0.309 e. The molecule has 0 fully saturated rings. The van der Waals surface area contributed by atoms with E-state index in [1.807, 2.05) is 43.8 Å². The smallest absolute Gasteiger partial charge is 0.253 e. The Morgan fingerprint density at radius 2 is 2.11 bits per heavy atom. The molecule has 0 radical (unpaired) electrons. The molecule has 96 valence electrons. The van der Waals surface area contributed by atoms with Crippen LogP contribution in [0.5, 0.6) is 0 Å². The lowest BCUT2D eigenvalue weighted by Gasteiger charge is -2.09. The Morgan fingerprint density at radius 1 is 1.39 bits per heavy atom. The molecule has 2 aromatic heterocycles. The molecule has 2 heterocycles. The van der Waals surface area contributed by atoms with Crippen LogP contribution < -0.4 is 5.56 Å². The summed E-state index contributed by atoms with van der Waals surface area (Å²) in [5.41, 5.74) is 2.79. The molecule has 5 heteroatoms. The van der Waals surface area contributed by atoms with E-state index in [1.165, 1.54) is 0 Å². The molecule has 0 N–H and O–H groups in total. The standard InChI is InChI=1S/C13H16BrN3O/c1-4-17-11(12(14)10(3)15-17)8-16-7-5-6-9(2)13(16)18/h5-7H,4,8H2,1-3H3. The van der Waals surface area contributed by atoms with Crippen molar-refractivity contribution in [1.82, 2.24) is 14.3 Å². The fourth-order valence-corrected chi connectivity index (χ4v) is 2.37. The second-order valence-electron chi connectivity index (χ2n) is 4.29. The molecule has 0 saturated carbocycles. The Balaban J connectivity index is 2.46. The van der Waals surface area contributed by atoms with Crippen molar-refractivity contribution in [2.45, 2.75) is 33.9 Å².